The van der Waals surface area contributed by atoms with Crippen LogP contribution in [0, 0.1) is 18.6 Å². The molecule has 150 valence electrons. The summed E-state index contributed by atoms with van der Waals surface area (Å²) in [7, 11) is 0. The summed E-state index contributed by atoms with van der Waals surface area (Å²) in [5.41, 5.74) is 2.54. The van der Waals surface area contributed by atoms with Crippen molar-refractivity contribution in [1.82, 2.24) is 15.0 Å². The van der Waals surface area contributed by atoms with Crippen LogP contribution in [-0.4, -0.2) is 27.4 Å². The molecule has 2 aliphatic heterocycles. The number of rotatable bonds is 3. The van der Waals surface area contributed by atoms with E-state index in [9.17, 15) is 8.78 Å². The van der Waals surface area contributed by atoms with E-state index in [1.54, 1.807) is 29.9 Å². The molecule has 8 heteroatoms. The second kappa shape index (κ2) is 7.55. The highest BCUT2D eigenvalue weighted by Gasteiger charge is 2.29. The highest BCUT2D eigenvalue weighted by Crippen LogP contribution is 2.34. The van der Waals surface area contributed by atoms with Crippen LogP contribution in [0.5, 0.6) is 0 Å². The first-order valence-corrected chi connectivity index (χ1v) is 10.1. The Morgan fingerprint density at radius 3 is 2.63 bits per heavy atom. The number of amidine groups is 1. The van der Waals surface area contributed by atoms with Crippen molar-refractivity contribution in [2.45, 2.75) is 13.0 Å². The van der Waals surface area contributed by atoms with Crippen LogP contribution in [-0.2, 0) is 4.84 Å². The number of hydrogen-bond donors (Lipinski definition) is 0. The predicted octanol–water partition coefficient (Wildman–Crippen LogP) is 5.09. The first kappa shape index (κ1) is 18.8. The van der Waals surface area contributed by atoms with Gasteiger partial charge in [0.2, 0.25) is 0 Å². The van der Waals surface area contributed by atoms with Gasteiger partial charge < -0.3 is 0 Å². The zero-order valence-corrected chi connectivity index (χ0v) is 16.7. The molecule has 0 amide bonds. The molecule has 0 bridgehead atoms. The number of aryl methyl sites for hydroxylation is 1. The fourth-order valence-electron chi connectivity index (χ4n) is 3.41. The Morgan fingerprint density at radius 2 is 1.87 bits per heavy atom. The summed E-state index contributed by atoms with van der Waals surface area (Å²) in [6, 6.07) is 7.60. The van der Waals surface area contributed by atoms with Crippen LogP contribution in [0.4, 0.5) is 8.78 Å². The number of aliphatic imine (C=N–C) groups is 1. The van der Waals surface area contributed by atoms with Gasteiger partial charge in [0.05, 0.1) is 17.8 Å². The van der Waals surface area contributed by atoms with Crippen molar-refractivity contribution >= 4 is 22.7 Å². The third kappa shape index (κ3) is 3.34. The summed E-state index contributed by atoms with van der Waals surface area (Å²) in [5, 5.41) is 2.35. The van der Waals surface area contributed by atoms with E-state index >= 15 is 0 Å². The van der Waals surface area contributed by atoms with Crippen molar-refractivity contribution in [2.24, 2.45) is 4.99 Å². The lowest BCUT2D eigenvalue weighted by Crippen LogP contribution is -2.34. The minimum Gasteiger partial charge on any atom is -0.265 e. The monoisotopic (exact) mass is 422 g/mol. The van der Waals surface area contributed by atoms with Crippen LogP contribution in [0.15, 0.2) is 66.1 Å². The first-order valence-electron chi connectivity index (χ1n) is 9.32. The molecule has 1 atom stereocenters. The van der Waals surface area contributed by atoms with Gasteiger partial charge in [-0.05, 0) is 43.3 Å². The summed E-state index contributed by atoms with van der Waals surface area (Å²) >= 11 is 1.59. The van der Waals surface area contributed by atoms with Gasteiger partial charge in [-0.15, -0.1) is 11.3 Å². The minimum atomic E-state index is -0.845. The number of hydrogen-bond acceptors (Lipinski definition) is 6. The van der Waals surface area contributed by atoms with Crippen LogP contribution in [0.25, 0.3) is 16.1 Å². The zero-order valence-electron chi connectivity index (χ0n) is 15.9. The van der Waals surface area contributed by atoms with Crippen LogP contribution >= 0.6 is 11.3 Å². The number of aromatic nitrogens is 2. The fraction of sp³-hybridized carbons (Fsp3) is 0.136. The zero-order chi connectivity index (χ0) is 20.7. The van der Waals surface area contributed by atoms with E-state index in [0.717, 1.165) is 26.7 Å². The molecule has 5 nitrogen and oxygen atoms in total. The molecule has 0 saturated carbocycles. The summed E-state index contributed by atoms with van der Waals surface area (Å²) in [6.07, 6.45) is 8.11. The molecule has 0 radical (unpaired) electrons. The molecular formula is C22H16F2N4OS. The van der Waals surface area contributed by atoms with Gasteiger partial charge in [-0.25, -0.2) is 18.8 Å². The molecule has 1 unspecified atom stereocenters. The van der Waals surface area contributed by atoms with E-state index in [1.807, 2.05) is 31.2 Å². The molecule has 0 saturated heterocycles. The molecule has 0 fully saturated rings. The van der Waals surface area contributed by atoms with Crippen LogP contribution in [0.1, 0.15) is 22.2 Å². The lowest BCUT2D eigenvalue weighted by Gasteiger charge is -2.32. The van der Waals surface area contributed by atoms with Gasteiger partial charge in [-0.2, -0.15) is 0 Å². The Balaban J connectivity index is 1.46. The Kier molecular flexibility index (Phi) is 4.72. The SMILES string of the molecule is Cc1sc(-c2ccncc2)nc1C1=CN2OC(c3c(F)cccc3F)CN=C2C=C1. The molecule has 30 heavy (non-hydrogen) atoms. The molecule has 0 spiro atoms. The average molecular weight is 422 g/mol. The molecule has 2 aromatic heterocycles. The predicted molar refractivity (Wildman–Crippen MR) is 112 cm³/mol. The van der Waals surface area contributed by atoms with Gasteiger partial charge in [0.25, 0.3) is 0 Å². The number of hydroxylamine groups is 2. The maximum absolute atomic E-state index is 14.2. The molecule has 2 aliphatic rings. The number of allylic oxidation sites excluding steroid dienone is 2. The largest absolute Gasteiger partial charge is 0.265 e. The highest BCUT2D eigenvalue weighted by molar-refractivity contribution is 7.15. The topological polar surface area (TPSA) is 50.6 Å². The van der Waals surface area contributed by atoms with Crippen LogP contribution in [0.2, 0.25) is 0 Å². The normalized spacial score (nSPS) is 18.1. The van der Waals surface area contributed by atoms with Crippen LogP contribution in [0.3, 0.4) is 0 Å². The fourth-order valence-corrected chi connectivity index (χ4v) is 4.35. The Labute approximate surface area is 175 Å². The van der Waals surface area contributed by atoms with Gasteiger partial charge >= 0.3 is 0 Å². The van der Waals surface area contributed by atoms with E-state index in [0.29, 0.717) is 5.84 Å². The Hall–Kier alpha value is -3.23. The first-order chi connectivity index (χ1) is 14.6. The summed E-state index contributed by atoms with van der Waals surface area (Å²) in [5.74, 6) is -0.713. The number of nitrogens with zero attached hydrogens (tertiary/aromatic N) is 4. The number of thiazole rings is 1. The van der Waals surface area contributed by atoms with Crippen molar-refractivity contribution in [3.63, 3.8) is 0 Å². The molecule has 5 rings (SSSR count). The molecule has 0 aliphatic carbocycles. The second-order valence-electron chi connectivity index (χ2n) is 6.83. The van der Waals surface area contributed by atoms with Crippen LogP contribution < -0.4 is 0 Å². The smallest absolute Gasteiger partial charge is 0.152 e. The number of benzene rings is 1. The van der Waals surface area contributed by atoms with Crippen molar-refractivity contribution in [3.8, 4) is 10.6 Å². The maximum atomic E-state index is 14.2. The lowest BCUT2D eigenvalue weighted by atomic mass is 10.1. The van der Waals surface area contributed by atoms with Crippen molar-refractivity contribution in [2.75, 3.05) is 6.54 Å². The number of halogens is 2. The van der Waals surface area contributed by atoms with Gasteiger partial charge in [-0.3, -0.25) is 14.8 Å². The van der Waals surface area contributed by atoms with E-state index in [2.05, 4.69) is 9.98 Å². The van der Waals surface area contributed by atoms with Gasteiger partial charge in [0, 0.05) is 34.6 Å². The highest BCUT2D eigenvalue weighted by atomic mass is 32.1. The quantitative estimate of drug-likeness (QED) is 0.590. The molecule has 3 aromatic rings. The maximum Gasteiger partial charge on any atom is 0.152 e. The summed E-state index contributed by atoms with van der Waals surface area (Å²) in [4.78, 5) is 20.2. The molecular weight excluding hydrogens is 406 g/mol. The summed E-state index contributed by atoms with van der Waals surface area (Å²) in [6.45, 7) is 2.14. The van der Waals surface area contributed by atoms with Crippen molar-refractivity contribution in [1.29, 1.82) is 0 Å². The van der Waals surface area contributed by atoms with Crippen molar-refractivity contribution < 1.29 is 13.6 Å². The van der Waals surface area contributed by atoms with Crippen molar-refractivity contribution in [3.05, 3.63) is 88.8 Å². The molecule has 1 aromatic carbocycles. The van der Waals surface area contributed by atoms with Gasteiger partial charge in [0.1, 0.15) is 22.7 Å². The van der Waals surface area contributed by atoms with Gasteiger partial charge in [0.15, 0.2) is 5.84 Å². The lowest BCUT2D eigenvalue weighted by molar-refractivity contribution is -0.123. The summed E-state index contributed by atoms with van der Waals surface area (Å²) < 4.78 is 28.4. The second-order valence-corrected chi connectivity index (χ2v) is 8.03. The Bertz CT molecular complexity index is 1180. The van der Waals surface area contributed by atoms with E-state index < -0.39 is 17.7 Å². The minimum absolute atomic E-state index is 0.116. The molecule has 4 heterocycles. The van der Waals surface area contributed by atoms with E-state index in [4.69, 9.17) is 9.82 Å². The van der Waals surface area contributed by atoms with E-state index in [1.165, 1.54) is 23.3 Å². The number of pyridine rings is 1. The standard InChI is InChI=1S/C22H16F2N4OS/c1-13-21(27-22(30-13)14-7-9-25-10-8-14)15-5-6-19-26-11-18(29-28(19)12-15)20-16(23)3-2-4-17(20)24/h2-10,12,18H,11H2,1H3. The third-order valence-electron chi connectivity index (χ3n) is 4.87. The average Bonchev–Trinajstić information content (AvgIpc) is 3.15. The van der Waals surface area contributed by atoms with Gasteiger partial charge in [-0.1, -0.05) is 6.07 Å². The number of fused-ring (bicyclic) bond motifs is 1. The third-order valence-corrected chi connectivity index (χ3v) is 5.89. The van der Waals surface area contributed by atoms with E-state index in [-0.39, 0.29) is 12.1 Å². The molecule has 0 N–H and O–H groups in total. The Morgan fingerprint density at radius 1 is 1.10 bits per heavy atom.